The third kappa shape index (κ3) is 5.94. The van der Waals surface area contributed by atoms with E-state index < -0.39 is 12.1 Å². The van der Waals surface area contributed by atoms with Crippen LogP contribution in [0.3, 0.4) is 0 Å². The van der Waals surface area contributed by atoms with Crippen molar-refractivity contribution in [2.75, 3.05) is 21.3 Å². The van der Waals surface area contributed by atoms with E-state index in [0.717, 1.165) is 11.1 Å². The fraction of sp³-hybridized carbons (Fsp3) is 0.556. The molecule has 0 saturated carbocycles. The molecule has 0 aliphatic heterocycles. The molecule has 0 aliphatic rings. The quantitative estimate of drug-likeness (QED) is 0.786. The van der Waals surface area contributed by atoms with Crippen molar-refractivity contribution in [2.24, 2.45) is 0 Å². The first-order valence-corrected chi connectivity index (χ1v) is 8.22. The number of aryl methyl sites for hydroxylation is 1. The van der Waals surface area contributed by atoms with Gasteiger partial charge in [0.1, 0.15) is 0 Å². The van der Waals surface area contributed by atoms with Gasteiger partial charge >= 0.3 is 6.03 Å². The number of nitrogens with zero attached hydrogens (tertiary/aromatic N) is 1. The van der Waals surface area contributed by atoms with Crippen LogP contribution in [0.2, 0.25) is 0 Å². The minimum absolute atomic E-state index is 0.0322. The Labute approximate surface area is 149 Å². The summed E-state index contributed by atoms with van der Waals surface area (Å²) in [7, 11) is 5.02. The fourth-order valence-electron chi connectivity index (χ4n) is 2.31. The number of rotatable bonds is 7. The van der Waals surface area contributed by atoms with Crippen molar-refractivity contribution < 1.29 is 19.1 Å². The molecule has 0 unspecified atom stereocenters. The minimum atomic E-state index is -0.484. The van der Waals surface area contributed by atoms with Crippen LogP contribution in [-0.4, -0.2) is 50.2 Å². The Balaban J connectivity index is 2.79. The van der Waals surface area contributed by atoms with Crippen LogP contribution in [0.25, 0.3) is 0 Å². The van der Waals surface area contributed by atoms with Crippen LogP contribution in [-0.2, 0) is 11.3 Å². The highest BCUT2D eigenvalue weighted by Crippen LogP contribution is 2.30. The molecule has 0 saturated heterocycles. The Bertz CT molecular complexity index is 617. The maximum Gasteiger partial charge on any atom is 0.321 e. The van der Waals surface area contributed by atoms with E-state index in [1.165, 1.54) is 0 Å². The lowest BCUT2D eigenvalue weighted by molar-refractivity contribution is -0.124. The lowest BCUT2D eigenvalue weighted by Gasteiger charge is -2.25. The van der Waals surface area contributed by atoms with Gasteiger partial charge in [0.05, 0.1) is 20.3 Å². The van der Waals surface area contributed by atoms with Gasteiger partial charge in [-0.2, -0.15) is 0 Å². The smallest absolute Gasteiger partial charge is 0.321 e. The lowest BCUT2D eigenvalue weighted by atomic mass is 10.1. The molecule has 0 aromatic heterocycles. The number of nitrogens with one attached hydrogen (secondary N) is 2. The molecule has 0 heterocycles. The summed E-state index contributed by atoms with van der Waals surface area (Å²) in [6, 6.07) is 2.83. The summed E-state index contributed by atoms with van der Waals surface area (Å²) in [4.78, 5) is 25.7. The largest absolute Gasteiger partial charge is 0.493 e. The van der Waals surface area contributed by atoms with Crippen LogP contribution in [0.4, 0.5) is 4.79 Å². The molecule has 0 bridgehead atoms. The van der Waals surface area contributed by atoms with Gasteiger partial charge in [-0.1, -0.05) is 0 Å². The molecule has 0 fully saturated rings. The first-order chi connectivity index (χ1) is 11.7. The molecule has 0 aliphatic carbocycles. The molecule has 7 heteroatoms. The third-order valence-corrected chi connectivity index (χ3v) is 3.96. The molecule has 1 aromatic rings. The third-order valence-electron chi connectivity index (χ3n) is 3.96. The Morgan fingerprint density at radius 2 is 1.68 bits per heavy atom. The van der Waals surface area contributed by atoms with Gasteiger partial charge in [-0.3, -0.25) is 15.0 Å². The van der Waals surface area contributed by atoms with Crippen LogP contribution in [0.1, 0.15) is 31.9 Å². The summed E-state index contributed by atoms with van der Waals surface area (Å²) in [5, 5.41) is 4.99. The molecule has 1 aromatic carbocycles. The van der Waals surface area contributed by atoms with E-state index in [1.54, 1.807) is 21.1 Å². The molecule has 0 radical (unpaired) electrons. The second-order valence-corrected chi connectivity index (χ2v) is 6.34. The van der Waals surface area contributed by atoms with Crippen molar-refractivity contribution in [3.05, 3.63) is 23.3 Å². The summed E-state index contributed by atoms with van der Waals surface area (Å²) in [5.74, 6) is 0.964. The van der Waals surface area contributed by atoms with E-state index >= 15 is 0 Å². The van der Waals surface area contributed by atoms with Gasteiger partial charge in [0.2, 0.25) is 5.91 Å². The van der Waals surface area contributed by atoms with Crippen LogP contribution in [0, 0.1) is 6.92 Å². The number of amides is 3. The number of carbonyl (C=O) groups is 2. The summed E-state index contributed by atoms with van der Waals surface area (Å²) in [6.45, 7) is 7.94. The second-order valence-electron chi connectivity index (χ2n) is 6.34. The molecule has 25 heavy (non-hydrogen) atoms. The summed E-state index contributed by atoms with van der Waals surface area (Å²) < 4.78 is 10.6. The van der Waals surface area contributed by atoms with Crippen molar-refractivity contribution in [2.45, 2.75) is 46.3 Å². The zero-order chi connectivity index (χ0) is 19.1. The van der Waals surface area contributed by atoms with Crippen molar-refractivity contribution >= 4 is 11.9 Å². The summed E-state index contributed by atoms with van der Waals surface area (Å²) in [6.07, 6.45) is 0. The Kier molecular flexibility index (Phi) is 7.70. The number of ether oxygens (including phenoxy) is 2. The number of benzene rings is 1. The van der Waals surface area contributed by atoms with Gasteiger partial charge in [-0.05, 0) is 58.0 Å². The number of carbonyl (C=O) groups excluding carboxylic acids is 2. The van der Waals surface area contributed by atoms with Crippen LogP contribution in [0.5, 0.6) is 11.5 Å². The van der Waals surface area contributed by atoms with Gasteiger partial charge in [0, 0.05) is 12.6 Å². The van der Waals surface area contributed by atoms with Crippen LogP contribution < -0.4 is 20.1 Å². The van der Waals surface area contributed by atoms with Gasteiger partial charge in [0.25, 0.3) is 0 Å². The van der Waals surface area contributed by atoms with E-state index in [1.807, 2.05) is 44.9 Å². The van der Waals surface area contributed by atoms with E-state index in [0.29, 0.717) is 18.0 Å². The summed E-state index contributed by atoms with van der Waals surface area (Å²) in [5.41, 5.74) is 2.06. The fourth-order valence-corrected chi connectivity index (χ4v) is 2.31. The van der Waals surface area contributed by atoms with E-state index in [-0.39, 0.29) is 11.9 Å². The Hall–Kier alpha value is -2.28. The standard InChI is InChI=1S/C18H29N3O4/c1-11(2)19-18(23)20-17(22)13(4)21(5)10-14-9-16(25-7)15(24-6)8-12(14)3/h8-9,11,13H,10H2,1-7H3,(H2,19,20,22,23)/t13-/m0/s1. The predicted octanol–water partition coefficient (Wildman–Crippen LogP) is 2.07. The topological polar surface area (TPSA) is 79.9 Å². The number of hydrogen-bond acceptors (Lipinski definition) is 5. The maximum absolute atomic E-state index is 12.2. The highest BCUT2D eigenvalue weighted by molar-refractivity contribution is 5.96. The minimum Gasteiger partial charge on any atom is -0.493 e. The van der Waals surface area contributed by atoms with Crippen LogP contribution >= 0.6 is 0 Å². The van der Waals surface area contributed by atoms with Crippen molar-refractivity contribution in [1.82, 2.24) is 15.5 Å². The average Bonchev–Trinajstić information content (AvgIpc) is 2.54. The number of imide groups is 1. The normalized spacial score (nSPS) is 12.0. The van der Waals surface area contributed by atoms with Gasteiger partial charge < -0.3 is 14.8 Å². The van der Waals surface area contributed by atoms with Gasteiger partial charge in [-0.15, -0.1) is 0 Å². The van der Waals surface area contributed by atoms with E-state index in [2.05, 4.69) is 10.6 Å². The number of urea groups is 1. The van der Waals surface area contributed by atoms with Gasteiger partial charge in [-0.25, -0.2) is 4.79 Å². The highest BCUT2D eigenvalue weighted by Gasteiger charge is 2.21. The Morgan fingerprint density at radius 3 is 2.20 bits per heavy atom. The Morgan fingerprint density at radius 1 is 1.12 bits per heavy atom. The molecule has 1 atom stereocenters. The first kappa shape index (κ1) is 20.8. The lowest BCUT2D eigenvalue weighted by Crippen LogP contribution is -2.49. The maximum atomic E-state index is 12.2. The molecular weight excluding hydrogens is 322 g/mol. The van der Waals surface area contributed by atoms with Crippen molar-refractivity contribution in [1.29, 1.82) is 0 Å². The molecule has 2 N–H and O–H groups in total. The number of methoxy groups -OCH3 is 2. The van der Waals surface area contributed by atoms with E-state index in [4.69, 9.17) is 9.47 Å². The summed E-state index contributed by atoms with van der Waals surface area (Å²) >= 11 is 0. The van der Waals surface area contributed by atoms with E-state index in [9.17, 15) is 9.59 Å². The zero-order valence-corrected chi connectivity index (χ0v) is 16.1. The SMILES string of the molecule is COc1cc(C)c(CN(C)[C@@H](C)C(=O)NC(=O)NC(C)C)cc1OC. The van der Waals surface area contributed by atoms with Crippen molar-refractivity contribution in [3.63, 3.8) is 0 Å². The predicted molar refractivity (Wildman–Crippen MR) is 97.0 cm³/mol. The molecule has 3 amide bonds. The van der Waals surface area contributed by atoms with Gasteiger partial charge in [0.15, 0.2) is 11.5 Å². The monoisotopic (exact) mass is 351 g/mol. The van der Waals surface area contributed by atoms with Crippen molar-refractivity contribution in [3.8, 4) is 11.5 Å². The number of hydrogen-bond donors (Lipinski definition) is 2. The zero-order valence-electron chi connectivity index (χ0n) is 16.1. The second kappa shape index (κ2) is 9.27. The average molecular weight is 351 g/mol. The highest BCUT2D eigenvalue weighted by atomic mass is 16.5. The molecule has 140 valence electrons. The molecule has 7 nitrogen and oxygen atoms in total. The first-order valence-electron chi connectivity index (χ1n) is 8.22. The molecule has 1 rings (SSSR count). The molecular formula is C18H29N3O4. The van der Waals surface area contributed by atoms with Crippen LogP contribution in [0.15, 0.2) is 12.1 Å². The number of likely N-dealkylation sites (N-methyl/N-ethyl adjacent to an activating group) is 1. The molecule has 0 spiro atoms.